The van der Waals surface area contributed by atoms with Crippen molar-refractivity contribution in [3.05, 3.63) is 95.3 Å². The fraction of sp³-hybridized carbons (Fsp3) is 0.0952. The third-order valence-electron chi connectivity index (χ3n) is 4.18. The zero-order chi connectivity index (χ0) is 21.6. The lowest BCUT2D eigenvalue weighted by Gasteiger charge is -2.09. The van der Waals surface area contributed by atoms with Crippen molar-refractivity contribution < 1.29 is 23.1 Å². The largest absolute Gasteiger partial charge is 0.390 e. The van der Waals surface area contributed by atoms with Gasteiger partial charge in [-0.25, -0.2) is 13.1 Å². The van der Waals surface area contributed by atoms with Crippen molar-refractivity contribution in [2.45, 2.75) is 18.0 Å². The van der Waals surface area contributed by atoms with E-state index in [0.717, 1.165) is 5.56 Å². The molecular formula is C21H19N3O5S. The van der Waals surface area contributed by atoms with Gasteiger partial charge in [0.05, 0.1) is 22.8 Å². The standard InChI is InChI=1S/C21H19N3O5S/c25-14-18-10-9-17(13-22-18)21(27)24-30(28,29)19-8-4-7-16(11-19)20(26)23-12-15-5-2-1-3-6-15/h1-11,13,25H,12,14H2,(H,23,26)(H,24,27). The number of sulfonamides is 1. The maximum absolute atomic E-state index is 12.6. The Labute approximate surface area is 173 Å². The maximum Gasteiger partial charge on any atom is 0.266 e. The fourth-order valence-electron chi connectivity index (χ4n) is 2.58. The van der Waals surface area contributed by atoms with Crippen molar-refractivity contribution in [3.8, 4) is 0 Å². The lowest BCUT2D eigenvalue weighted by atomic mass is 10.2. The van der Waals surface area contributed by atoms with E-state index >= 15 is 0 Å². The third-order valence-corrected chi connectivity index (χ3v) is 5.51. The summed E-state index contributed by atoms with van der Waals surface area (Å²) < 4.78 is 27.1. The number of nitrogens with one attached hydrogen (secondary N) is 2. The minimum Gasteiger partial charge on any atom is -0.390 e. The summed E-state index contributed by atoms with van der Waals surface area (Å²) in [4.78, 5) is 28.2. The SMILES string of the molecule is O=C(NCc1ccccc1)c1cccc(S(=O)(=O)NC(=O)c2ccc(CO)nc2)c1. The monoisotopic (exact) mass is 425 g/mol. The molecule has 9 heteroatoms. The predicted molar refractivity (Wildman–Crippen MR) is 109 cm³/mol. The van der Waals surface area contributed by atoms with Gasteiger partial charge in [-0.1, -0.05) is 36.4 Å². The van der Waals surface area contributed by atoms with E-state index in [9.17, 15) is 18.0 Å². The van der Waals surface area contributed by atoms with Gasteiger partial charge in [-0.05, 0) is 35.9 Å². The topological polar surface area (TPSA) is 125 Å². The Bertz CT molecular complexity index is 1150. The Morgan fingerprint density at radius 3 is 2.33 bits per heavy atom. The molecule has 0 radical (unpaired) electrons. The van der Waals surface area contributed by atoms with Gasteiger partial charge in [0.15, 0.2) is 0 Å². The van der Waals surface area contributed by atoms with Gasteiger partial charge >= 0.3 is 0 Å². The van der Waals surface area contributed by atoms with Crippen molar-refractivity contribution in [2.75, 3.05) is 0 Å². The van der Waals surface area contributed by atoms with Gasteiger partial charge in [0.1, 0.15) is 0 Å². The first-order valence-electron chi connectivity index (χ1n) is 8.94. The molecule has 0 unspecified atom stereocenters. The van der Waals surface area contributed by atoms with E-state index in [-0.39, 0.29) is 22.6 Å². The molecule has 0 saturated carbocycles. The zero-order valence-corrected chi connectivity index (χ0v) is 16.6. The second kappa shape index (κ2) is 9.29. The number of carbonyl (C=O) groups excluding carboxylic acids is 2. The summed E-state index contributed by atoms with van der Waals surface area (Å²) in [5.41, 5.74) is 1.43. The molecule has 30 heavy (non-hydrogen) atoms. The molecule has 3 aromatic rings. The molecule has 3 N–H and O–H groups in total. The highest BCUT2D eigenvalue weighted by atomic mass is 32.2. The molecule has 2 amide bonds. The molecule has 8 nitrogen and oxygen atoms in total. The summed E-state index contributed by atoms with van der Waals surface area (Å²) in [6.07, 6.45) is 1.17. The minimum atomic E-state index is -4.20. The molecule has 0 fully saturated rings. The number of aliphatic hydroxyl groups excluding tert-OH is 1. The Morgan fingerprint density at radius 2 is 1.67 bits per heavy atom. The number of pyridine rings is 1. The minimum absolute atomic E-state index is 0.0209. The second-order valence-electron chi connectivity index (χ2n) is 6.33. The number of hydrogen-bond acceptors (Lipinski definition) is 6. The normalized spacial score (nSPS) is 11.0. The van der Waals surface area contributed by atoms with Crippen LogP contribution in [0.5, 0.6) is 0 Å². The van der Waals surface area contributed by atoms with Crippen molar-refractivity contribution in [2.24, 2.45) is 0 Å². The molecule has 0 atom stereocenters. The quantitative estimate of drug-likeness (QED) is 0.528. The summed E-state index contributed by atoms with van der Waals surface area (Å²) in [7, 11) is -4.20. The van der Waals surface area contributed by atoms with Crippen LogP contribution in [-0.2, 0) is 23.2 Å². The van der Waals surface area contributed by atoms with Crippen LogP contribution in [0.2, 0.25) is 0 Å². The van der Waals surface area contributed by atoms with E-state index in [2.05, 4.69) is 10.3 Å². The highest BCUT2D eigenvalue weighted by Gasteiger charge is 2.20. The van der Waals surface area contributed by atoms with Gasteiger partial charge in [-0.3, -0.25) is 14.6 Å². The van der Waals surface area contributed by atoms with E-state index in [0.29, 0.717) is 12.2 Å². The molecule has 0 saturated heterocycles. The molecule has 0 aliphatic heterocycles. The number of aromatic nitrogens is 1. The van der Waals surface area contributed by atoms with E-state index < -0.39 is 21.8 Å². The van der Waals surface area contributed by atoms with E-state index in [1.165, 1.54) is 42.6 Å². The summed E-state index contributed by atoms with van der Waals surface area (Å²) in [5.74, 6) is -1.31. The molecule has 154 valence electrons. The Balaban J connectivity index is 1.71. The summed E-state index contributed by atoms with van der Waals surface area (Å²) >= 11 is 0. The number of rotatable bonds is 7. The molecule has 2 aromatic carbocycles. The smallest absolute Gasteiger partial charge is 0.266 e. The van der Waals surface area contributed by atoms with Gasteiger partial charge < -0.3 is 10.4 Å². The van der Waals surface area contributed by atoms with Crippen LogP contribution in [0.3, 0.4) is 0 Å². The maximum atomic E-state index is 12.6. The third kappa shape index (κ3) is 5.28. The van der Waals surface area contributed by atoms with Crippen LogP contribution in [0.4, 0.5) is 0 Å². The summed E-state index contributed by atoms with van der Waals surface area (Å²) in [6, 6.07) is 17.5. The lowest BCUT2D eigenvalue weighted by molar-refractivity contribution is 0.0949. The Morgan fingerprint density at radius 1 is 0.900 bits per heavy atom. The second-order valence-corrected chi connectivity index (χ2v) is 8.01. The van der Waals surface area contributed by atoms with Crippen LogP contribution in [0, 0.1) is 0 Å². The van der Waals surface area contributed by atoms with E-state index in [4.69, 9.17) is 5.11 Å². The van der Waals surface area contributed by atoms with Crippen LogP contribution < -0.4 is 10.0 Å². The van der Waals surface area contributed by atoms with Gasteiger partial charge in [-0.15, -0.1) is 0 Å². The Hall–Kier alpha value is -3.56. The molecule has 0 aliphatic carbocycles. The number of benzene rings is 2. The Kier molecular flexibility index (Phi) is 6.55. The van der Waals surface area contributed by atoms with Crippen molar-refractivity contribution in [1.29, 1.82) is 0 Å². The van der Waals surface area contributed by atoms with Gasteiger partial charge in [-0.2, -0.15) is 0 Å². The molecule has 0 spiro atoms. The van der Waals surface area contributed by atoms with Crippen LogP contribution in [0.15, 0.2) is 77.8 Å². The molecule has 1 heterocycles. The number of hydrogen-bond donors (Lipinski definition) is 3. The average molecular weight is 425 g/mol. The van der Waals surface area contributed by atoms with Crippen molar-refractivity contribution >= 4 is 21.8 Å². The van der Waals surface area contributed by atoms with Gasteiger partial charge in [0.2, 0.25) is 0 Å². The van der Waals surface area contributed by atoms with Crippen molar-refractivity contribution in [3.63, 3.8) is 0 Å². The lowest BCUT2D eigenvalue weighted by Crippen LogP contribution is -2.31. The first-order chi connectivity index (χ1) is 14.4. The molecule has 0 bridgehead atoms. The van der Waals surface area contributed by atoms with Gasteiger partial charge in [0.25, 0.3) is 21.8 Å². The summed E-state index contributed by atoms with van der Waals surface area (Å²) in [5, 5.41) is 11.7. The molecule has 0 aliphatic rings. The first-order valence-corrected chi connectivity index (χ1v) is 10.4. The van der Waals surface area contributed by atoms with Crippen LogP contribution in [0.1, 0.15) is 32.0 Å². The zero-order valence-electron chi connectivity index (χ0n) is 15.8. The van der Waals surface area contributed by atoms with Crippen LogP contribution >= 0.6 is 0 Å². The van der Waals surface area contributed by atoms with E-state index in [1.807, 2.05) is 35.1 Å². The highest BCUT2D eigenvalue weighted by molar-refractivity contribution is 7.90. The van der Waals surface area contributed by atoms with E-state index in [1.54, 1.807) is 0 Å². The average Bonchev–Trinajstić information content (AvgIpc) is 2.78. The first kappa shape index (κ1) is 21.2. The predicted octanol–water partition coefficient (Wildman–Crippen LogP) is 1.62. The summed E-state index contributed by atoms with van der Waals surface area (Å²) in [6.45, 7) is 0.00352. The molecule has 3 rings (SSSR count). The number of carbonyl (C=O) groups is 2. The van der Waals surface area contributed by atoms with Crippen LogP contribution in [-0.4, -0.2) is 30.3 Å². The van der Waals surface area contributed by atoms with Crippen molar-refractivity contribution in [1.82, 2.24) is 15.0 Å². The molecule has 1 aromatic heterocycles. The number of amides is 2. The van der Waals surface area contributed by atoms with Gasteiger partial charge in [0, 0.05) is 18.3 Å². The fourth-order valence-corrected chi connectivity index (χ4v) is 3.60. The number of nitrogens with zero attached hydrogens (tertiary/aromatic N) is 1. The number of aliphatic hydroxyl groups is 1. The molecular weight excluding hydrogens is 406 g/mol. The highest BCUT2D eigenvalue weighted by Crippen LogP contribution is 2.13. The van der Waals surface area contributed by atoms with Crippen LogP contribution in [0.25, 0.3) is 0 Å².